The van der Waals surface area contributed by atoms with Crippen LogP contribution in [0.25, 0.3) is 11.4 Å². The monoisotopic (exact) mass is 402 g/mol. The van der Waals surface area contributed by atoms with Crippen molar-refractivity contribution < 1.29 is 9.53 Å². The van der Waals surface area contributed by atoms with Gasteiger partial charge in [-0.3, -0.25) is 4.79 Å². The van der Waals surface area contributed by atoms with Crippen molar-refractivity contribution in [2.24, 2.45) is 0 Å². The van der Waals surface area contributed by atoms with Crippen LogP contribution < -0.4 is 10.1 Å². The van der Waals surface area contributed by atoms with Crippen molar-refractivity contribution in [3.8, 4) is 17.1 Å². The first-order chi connectivity index (χ1) is 14.6. The number of fused-ring (bicyclic) bond motifs is 2. The van der Waals surface area contributed by atoms with Crippen LogP contribution in [-0.2, 0) is 13.0 Å². The number of carbonyl (C=O) groups is 1. The van der Waals surface area contributed by atoms with Gasteiger partial charge in [-0.2, -0.15) is 0 Å². The summed E-state index contributed by atoms with van der Waals surface area (Å²) in [5, 5.41) is 11.9. The Morgan fingerprint density at radius 2 is 1.97 bits per heavy atom. The van der Waals surface area contributed by atoms with E-state index in [-0.39, 0.29) is 17.9 Å². The molecule has 0 aliphatic carbocycles. The largest absolute Gasteiger partial charge is 0.489 e. The summed E-state index contributed by atoms with van der Waals surface area (Å²) in [5.74, 6) is 2.74. The van der Waals surface area contributed by atoms with Gasteiger partial charge in [0.2, 0.25) is 0 Å². The number of amides is 1. The summed E-state index contributed by atoms with van der Waals surface area (Å²) in [7, 11) is 0. The molecule has 2 aliphatic heterocycles. The Morgan fingerprint density at radius 1 is 1.10 bits per heavy atom. The maximum Gasteiger partial charge on any atom is 0.259 e. The molecule has 0 saturated carbocycles. The van der Waals surface area contributed by atoms with E-state index in [4.69, 9.17) is 4.74 Å². The molecule has 6 heteroatoms. The second kappa shape index (κ2) is 7.59. The fourth-order valence-electron chi connectivity index (χ4n) is 4.40. The van der Waals surface area contributed by atoms with Crippen LogP contribution in [0.4, 0.5) is 5.69 Å². The summed E-state index contributed by atoms with van der Waals surface area (Å²) >= 11 is 0. The predicted octanol–water partition coefficient (Wildman–Crippen LogP) is 4.81. The Bertz CT molecular complexity index is 1100. The lowest BCUT2D eigenvalue weighted by atomic mass is 9.97. The minimum atomic E-state index is -0.162. The molecule has 1 N–H and O–H groups in total. The van der Waals surface area contributed by atoms with Crippen LogP contribution in [0.5, 0.6) is 5.75 Å². The van der Waals surface area contributed by atoms with E-state index in [9.17, 15) is 4.79 Å². The minimum Gasteiger partial charge on any atom is -0.489 e. The summed E-state index contributed by atoms with van der Waals surface area (Å²) < 4.78 is 8.20. The maximum absolute atomic E-state index is 13.0. The van der Waals surface area contributed by atoms with E-state index < -0.39 is 0 Å². The molecule has 0 bridgehead atoms. The molecular weight excluding hydrogens is 376 g/mol. The zero-order chi connectivity index (χ0) is 20.7. The number of ether oxygens (including phenoxy) is 1. The molecule has 2 aromatic carbocycles. The molecule has 5 rings (SSSR count). The Kier molecular flexibility index (Phi) is 4.77. The van der Waals surface area contributed by atoms with Crippen molar-refractivity contribution in [2.75, 3.05) is 5.32 Å². The fourth-order valence-corrected chi connectivity index (χ4v) is 4.40. The first-order valence-corrected chi connectivity index (χ1v) is 10.8. The van der Waals surface area contributed by atoms with Crippen molar-refractivity contribution in [1.29, 1.82) is 0 Å². The molecule has 2 atom stereocenters. The van der Waals surface area contributed by atoms with E-state index in [2.05, 4.69) is 27.0 Å². The first-order valence-electron chi connectivity index (χ1n) is 10.8. The molecule has 0 spiro atoms. The van der Waals surface area contributed by atoms with Gasteiger partial charge in [0.05, 0.1) is 5.56 Å². The number of benzene rings is 2. The molecule has 2 aliphatic rings. The summed E-state index contributed by atoms with van der Waals surface area (Å²) in [4.78, 5) is 13.0. The van der Waals surface area contributed by atoms with Gasteiger partial charge in [-0.25, -0.2) is 0 Å². The van der Waals surface area contributed by atoms with Gasteiger partial charge < -0.3 is 14.6 Å². The van der Waals surface area contributed by atoms with Crippen LogP contribution in [0.3, 0.4) is 0 Å². The van der Waals surface area contributed by atoms with Crippen LogP contribution in [0.2, 0.25) is 0 Å². The second-order valence-corrected chi connectivity index (χ2v) is 8.27. The van der Waals surface area contributed by atoms with Crippen molar-refractivity contribution in [3.63, 3.8) is 0 Å². The van der Waals surface area contributed by atoms with E-state index >= 15 is 0 Å². The number of nitrogens with zero attached hydrogens (tertiary/aromatic N) is 3. The van der Waals surface area contributed by atoms with Gasteiger partial charge in [0.25, 0.3) is 5.91 Å². The Labute approximate surface area is 176 Å². The van der Waals surface area contributed by atoms with Crippen LogP contribution in [0.1, 0.15) is 60.8 Å². The first kappa shape index (κ1) is 18.9. The highest BCUT2D eigenvalue weighted by molar-refractivity contribution is 6.06. The predicted molar refractivity (Wildman–Crippen MR) is 116 cm³/mol. The molecule has 154 valence electrons. The maximum atomic E-state index is 13.0. The van der Waals surface area contributed by atoms with Crippen molar-refractivity contribution in [2.45, 2.75) is 58.1 Å². The summed E-state index contributed by atoms with van der Waals surface area (Å²) in [6, 6.07) is 13.6. The smallest absolute Gasteiger partial charge is 0.259 e. The lowest BCUT2D eigenvalue weighted by Crippen LogP contribution is -2.14. The summed E-state index contributed by atoms with van der Waals surface area (Å²) in [6.45, 7) is 5.11. The third-order valence-electron chi connectivity index (χ3n) is 6.28. The lowest BCUT2D eigenvalue weighted by molar-refractivity contribution is 0.102. The molecular formula is C24H26N4O2. The SMILES string of the molecule is C[C@@H]1Oc2c(C(=O)Nc3cccc(-c4nnc5n4CCCCC5)c3)cccc2[C@H]1C. The highest BCUT2D eigenvalue weighted by atomic mass is 16.5. The third kappa shape index (κ3) is 3.26. The van der Waals surface area contributed by atoms with Gasteiger partial charge in [-0.15, -0.1) is 10.2 Å². The van der Waals surface area contributed by atoms with Crippen LogP contribution in [0.15, 0.2) is 42.5 Å². The van der Waals surface area contributed by atoms with Gasteiger partial charge in [0, 0.05) is 35.7 Å². The number of anilines is 1. The Balaban J connectivity index is 1.42. The molecule has 1 aromatic heterocycles. The number of aromatic nitrogens is 3. The van der Waals surface area contributed by atoms with E-state index in [1.807, 2.05) is 49.4 Å². The summed E-state index contributed by atoms with van der Waals surface area (Å²) in [5.41, 5.74) is 3.37. The van der Waals surface area contributed by atoms with E-state index in [0.29, 0.717) is 11.3 Å². The van der Waals surface area contributed by atoms with Crippen LogP contribution in [0, 0.1) is 0 Å². The molecule has 0 fully saturated rings. The quantitative estimate of drug-likeness (QED) is 0.683. The number of hydrogen-bond acceptors (Lipinski definition) is 4. The highest BCUT2D eigenvalue weighted by Crippen LogP contribution is 2.40. The average Bonchev–Trinajstić information content (AvgIpc) is 3.19. The molecule has 6 nitrogen and oxygen atoms in total. The van der Waals surface area contributed by atoms with Gasteiger partial charge in [-0.05, 0) is 38.0 Å². The summed E-state index contributed by atoms with van der Waals surface area (Å²) in [6.07, 6.45) is 4.57. The van der Waals surface area contributed by atoms with Crippen molar-refractivity contribution in [3.05, 3.63) is 59.4 Å². The highest BCUT2D eigenvalue weighted by Gasteiger charge is 2.31. The van der Waals surface area contributed by atoms with Crippen molar-refractivity contribution >= 4 is 11.6 Å². The van der Waals surface area contributed by atoms with E-state index in [1.54, 1.807) is 0 Å². The number of aryl methyl sites for hydroxylation is 1. The number of rotatable bonds is 3. The zero-order valence-corrected chi connectivity index (χ0v) is 17.4. The fraction of sp³-hybridized carbons (Fsp3) is 0.375. The second-order valence-electron chi connectivity index (χ2n) is 8.27. The number of nitrogens with one attached hydrogen (secondary N) is 1. The standard InChI is InChI=1S/C24H26N4O2/c1-15-16(2)30-22-19(15)10-7-11-20(22)24(29)25-18-9-6-8-17(14-18)23-27-26-21-12-4-3-5-13-28(21)23/h6-11,14-16H,3-5,12-13H2,1-2H3,(H,25,29)/t15-,16-/m0/s1. The normalized spacial score (nSPS) is 20.1. The van der Waals surface area contributed by atoms with E-state index in [1.165, 1.54) is 6.42 Å². The molecule has 0 radical (unpaired) electrons. The zero-order valence-electron chi connectivity index (χ0n) is 17.4. The Morgan fingerprint density at radius 3 is 2.87 bits per heavy atom. The lowest BCUT2D eigenvalue weighted by Gasteiger charge is -2.11. The molecule has 30 heavy (non-hydrogen) atoms. The number of para-hydroxylation sites is 1. The molecule has 0 unspecified atom stereocenters. The average molecular weight is 402 g/mol. The van der Waals surface area contributed by atoms with Gasteiger partial charge in [-0.1, -0.05) is 37.6 Å². The molecule has 0 saturated heterocycles. The van der Waals surface area contributed by atoms with E-state index in [0.717, 1.165) is 54.3 Å². The number of carbonyl (C=O) groups excluding carboxylic acids is 1. The van der Waals surface area contributed by atoms with Gasteiger partial charge in [0.15, 0.2) is 5.82 Å². The minimum absolute atomic E-state index is 0.0699. The molecule has 3 heterocycles. The molecule has 3 aromatic rings. The topological polar surface area (TPSA) is 69.0 Å². The van der Waals surface area contributed by atoms with Crippen LogP contribution in [-0.4, -0.2) is 26.8 Å². The van der Waals surface area contributed by atoms with Crippen molar-refractivity contribution in [1.82, 2.24) is 14.8 Å². The van der Waals surface area contributed by atoms with Gasteiger partial charge >= 0.3 is 0 Å². The Hall–Kier alpha value is -3.15. The van der Waals surface area contributed by atoms with Gasteiger partial charge in [0.1, 0.15) is 17.7 Å². The van der Waals surface area contributed by atoms with Crippen LogP contribution >= 0.6 is 0 Å². The number of hydrogen-bond donors (Lipinski definition) is 1. The third-order valence-corrected chi connectivity index (χ3v) is 6.28. The molecule has 1 amide bonds.